The van der Waals surface area contributed by atoms with Crippen LogP contribution in [0.3, 0.4) is 0 Å². The van der Waals surface area contributed by atoms with E-state index >= 15 is 0 Å². The molecule has 0 saturated carbocycles. The summed E-state index contributed by atoms with van der Waals surface area (Å²) in [5.41, 5.74) is 2.01. The second-order valence-corrected chi connectivity index (χ2v) is 5.77. The minimum absolute atomic E-state index is 0.000262. The van der Waals surface area contributed by atoms with Crippen molar-refractivity contribution in [3.8, 4) is 0 Å². The Morgan fingerprint density at radius 3 is 2.91 bits per heavy atom. The highest BCUT2D eigenvalue weighted by atomic mass is 16.4. The Bertz CT molecular complexity index is 719. The lowest BCUT2D eigenvalue weighted by Gasteiger charge is -2.22. The van der Waals surface area contributed by atoms with Crippen molar-refractivity contribution in [2.24, 2.45) is 0 Å². The van der Waals surface area contributed by atoms with Gasteiger partial charge in [-0.2, -0.15) is 0 Å². The van der Waals surface area contributed by atoms with Gasteiger partial charge in [0.2, 0.25) is 5.91 Å². The number of furan rings is 1. The normalized spacial score (nSPS) is 16.6. The monoisotopic (exact) mass is 313 g/mol. The van der Waals surface area contributed by atoms with Crippen LogP contribution in [0.5, 0.6) is 0 Å². The van der Waals surface area contributed by atoms with Gasteiger partial charge in [0.25, 0.3) is 0 Å². The van der Waals surface area contributed by atoms with Crippen molar-refractivity contribution in [2.75, 3.05) is 0 Å². The second-order valence-electron chi connectivity index (χ2n) is 5.77. The van der Waals surface area contributed by atoms with Crippen LogP contribution in [0.15, 0.2) is 41.0 Å². The number of hydrogen-bond acceptors (Lipinski definition) is 3. The van der Waals surface area contributed by atoms with E-state index in [1.54, 1.807) is 30.5 Å². The molecule has 0 aliphatic heterocycles. The molecule has 0 spiro atoms. The molecule has 1 aromatic heterocycles. The molecular weight excluding hydrogens is 294 g/mol. The third-order valence-corrected chi connectivity index (χ3v) is 4.26. The van der Waals surface area contributed by atoms with E-state index in [4.69, 9.17) is 9.52 Å². The third-order valence-electron chi connectivity index (χ3n) is 4.26. The van der Waals surface area contributed by atoms with Crippen LogP contribution in [0.4, 0.5) is 0 Å². The number of hydrogen-bond donors (Lipinski definition) is 2. The summed E-state index contributed by atoms with van der Waals surface area (Å²) >= 11 is 0. The minimum atomic E-state index is -0.962. The Morgan fingerprint density at radius 1 is 1.26 bits per heavy atom. The molecule has 0 fully saturated rings. The predicted octanol–water partition coefficient (Wildman–Crippen LogP) is 3.10. The summed E-state index contributed by atoms with van der Waals surface area (Å²) in [5, 5.41) is 12.2. The first-order valence-corrected chi connectivity index (χ1v) is 7.82. The van der Waals surface area contributed by atoms with Crippen LogP contribution in [0, 0.1) is 0 Å². The van der Waals surface area contributed by atoms with Crippen molar-refractivity contribution < 1.29 is 19.1 Å². The second kappa shape index (κ2) is 6.69. The van der Waals surface area contributed by atoms with E-state index in [-0.39, 0.29) is 23.9 Å². The van der Waals surface area contributed by atoms with Crippen LogP contribution in [-0.4, -0.2) is 17.0 Å². The average Bonchev–Trinajstić information content (AvgIpc) is 3.03. The zero-order chi connectivity index (χ0) is 16.2. The lowest BCUT2D eigenvalue weighted by atomic mass is 9.93. The number of amides is 1. The summed E-state index contributed by atoms with van der Waals surface area (Å²) in [7, 11) is 0. The number of carboxylic acid groups (broad SMARTS) is 1. The van der Waals surface area contributed by atoms with Gasteiger partial charge in [-0.05, 0) is 37.0 Å². The van der Waals surface area contributed by atoms with E-state index in [1.807, 2.05) is 6.07 Å². The van der Waals surface area contributed by atoms with Crippen molar-refractivity contribution in [3.05, 3.63) is 59.0 Å². The van der Waals surface area contributed by atoms with Crippen molar-refractivity contribution in [3.63, 3.8) is 0 Å². The van der Waals surface area contributed by atoms with Gasteiger partial charge < -0.3 is 14.8 Å². The summed E-state index contributed by atoms with van der Waals surface area (Å²) in [6.07, 6.45) is 5.17. The van der Waals surface area contributed by atoms with Crippen molar-refractivity contribution in [1.29, 1.82) is 0 Å². The lowest BCUT2D eigenvalue weighted by molar-refractivity contribution is -0.121. The molecule has 0 radical (unpaired) electrons. The molecule has 2 aromatic rings. The molecule has 1 unspecified atom stereocenters. The van der Waals surface area contributed by atoms with Crippen molar-refractivity contribution >= 4 is 11.9 Å². The zero-order valence-corrected chi connectivity index (χ0v) is 12.7. The molecule has 5 heteroatoms. The largest absolute Gasteiger partial charge is 0.478 e. The molecule has 3 rings (SSSR count). The van der Waals surface area contributed by atoms with E-state index in [0.717, 1.165) is 30.6 Å². The number of carbonyl (C=O) groups is 2. The predicted molar refractivity (Wildman–Crippen MR) is 84.3 cm³/mol. The summed E-state index contributed by atoms with van der Waals surface area (Å²) in [5.74, 6) is -0.0710. The smallest absolute Gasteiger partial charge is 0.335 e. The molecule has 1 amide bonds. The van der Waals surface area contributed by atoms with Gasteiger partial charge in [0.1, 0.15) is 5.76 Å². The number of nitrogens with one attached hydrogen (secondary N) is 1. The minimum Gasteiger partial charge on any atom is -0.478 e. The molecule has 5 nitrogen and oxygen atoms in total. The van der Waals surface area contributed by atoms with Gasteiger partial charge in [-0.15, -0.1) is 0 Å². The molecule has 0 saturated heterocycles. The Labute approximate surface area is 134 Å². The molecule has 2 N–H and O–H groups in total. The van der Waals surface area contributed by atoms with Gasteiger partial charge in [-0.1, -0.05) is 18.2 Å². The molecule has 1 aliphatic carbocycles. The van der Waals surface area contributed by atoms with Crippen molar-refractivity contribution in [2.45, 2.75) is 38.1 Å². The molecule has 23 heavy (non-hydrogen) atoms. The maximum atomic E-state index is 12.2. The van der Waals surface area contributed by atoms with E-state index in [2.05, 4.69) is 5.32 Å². The fourth-order valence-corrected chi connectivity index (χ4v) is 3.10. The van der Waals surface area contributed by atoms with Gasteiger partial charge in [-0.25, -0.2) is 4.79 Å². The first kappa shape index (κ1) is 15.3. The third kappa shape index (κ3) is 3.44. The molecule has 0 bridgehead atoms. The SMILES string of the molecule is O=C(CCc1ccccc1C(=O)O)NC1CCCc2occc21. The number of fused-ring (bicyclic) bond motifs is 1. The van der Waals surface area contributed by atoms with Crippen LogP contribution in [0.25, 0.3) is 0 Å². The van der Waals surface area contributed by atoms with Crippen LogP contribution in [0.2, 0.25) is 0 Å². The molecule has 1 aliphatic rings. The summed E-state index contributed by atoms with van der Waals surface area (Å²) in [6, 6.07) is 8.72. The summed E-state index contributed by atoms with van der Waals surface area (Å²) in [6.45, 7) is 0. The highest BCUT2D eigenvalue weighted by Gasteiger charge is 2.24. The number of carboxylic acids is 1. The Kier molecular flexibility index (Phi) is 4.46. The molecule has 1 heterocycles. The van der Waals surface area contributed by atoms with Gasteiger partial charge in [-0.3, -0.25) is 4.79 Å². The van der Waals surface area contributed by atoms with Crippen LogP contribution < -0.4 is 5.32 Å². The fraction of sp³-hybridized carbons (Fsp3) is 0.333. The Balaban J connectivity index is 1.60. The molecular formula is C18H19NO4. The number of rotatable bonds is 5. The van der Waals surface area contributed by atoms with Gasteiger partial charge >= 0.3 is 5.97 Å². The molecule has 1 atom stereocenters. The zero-order valence-electron chi connectivity index (χ0n) is 12.7. The number of aryl methyl sites for hydroxylation is 2. The van der Waals surface area contributed by atoms with Crippen LogP contribution >= 0.6 is 0 Å². The number of benzene rings is 1. The summed E-state index contributed by atoms with van der Waals surface area (Å²) < 4.78 is 5.42. The standard InChI is InChI=1S/C18H19NO4/c20-17(9-8-12-4-1-2-5-13(12)18(21)22)19-15-6-3-7-16-14(15)10-11-23-16/h1-2,4-5,10-11,15H,3,6-9H2,(H,19,20)(H,21,22). The highest BCUT2D eigenvalue weighted by Crippen LogP contribution is 2.30. The quantitative estimate of drug-likeness (QED) is 0.889. The highest BCUT2D eigenvalue weighted by molar-refractivity contribution is 5.89. The molecule has 1 aromatic carbocycles. The maximum absolute atomic E-state index is 12.2. The van der Waals surface area contributed by atoms with Crippen LogP contribution in [-0.2, 0) is 17.6 Å². The van der Waals surface area contributed by atoms with E-state index < -0.39 is 5.97 Å². The van der Waals surface area contributed by atoms with Gasteiger partial charge in [0.05, 0.1) is 17.9 Å². The van der Waals surface area contributed by atoms with E-state index in [0.29, 0.717) is 12.0 Å². The van der Waals surface area contributed by atoms with Gasteiger partial charge in [0.15, 0.2) is 0 Å². The van der Waals surface area contributed by atoms with Gasteiger partial charge in [0, 0.05) is 18.4 Å². The van der Waals surface area contributed by atoms with E-state index in [1.165, 1.54) is 0 Å². The maximum Gasteiger partial charge on any atom is 0.335 e. The fourth-order valence-electron chi connectivity index (χ4n) is 3.10. The Hall–Kier alpha value is -2.56. The first-order chi connectivity index (χ1) is 11.1. The Morgan fingerprint density at radius 2 is 2.09 bits per heavy atom. The average molecular weight is 313 g/mol. The number of carbonyl (C=O) groups excluding carboxylic acids is 1. The lowest BCUT2D eigenvalue weighted by Crippen LogP contribution is -2.30. The van der Waals surface area contributed by atoms with E-state index in [9.17, 15) is 9.59 Å². The molecule has 120 valence electrons. The van der Waals surface area contributed by atoms with Crippen LogP contribution in [0.1, 0.15) is 52.5 Å². The topological polar surface area (TPSA) is 79.5 Å². The first-order valence-electron chi connectivity index (χ1n) is 7.82. The van der Waals surface area contributed by atoms with Crippen molar-refractivity contribution in [1.82, 2.24) is 5.32 Å². The summed E-state index contributed by atoms with van der Waals surface area (Å²) in [4.78, 5) is 23.4. The number of aromatic carboxylic acids is 1.